The maximum absolute atomic E-state index is 9.26. The second-order valence-corrected chi connectivity index (χ2v) is 2.19. The predicted molar refractivity (Wildman–Crippen MR) is 46.5 cm³/mol. The van der Waals surface area contributed by atoms with E-state index in [1.165, 1.54) is 0 Å². The summed E-state index contributed by atoms with van der Waals surface area (Å²) in [7, 11) is 0. The summed E-state index contributed by atoms with van der Waals surface area (Å²) in [6.45, 7) is 5.47. The summed E-state index contributed by atoms with van der Waals surface area (Å²) < 4.78 is 0. The lowest BCUT2D eigenvalue weighted by Gasteiger charge is -1.79. The molecule has 0 aliphatic carbocycles. The molecule has 0 bridgehead atoms. The van der Waals surface area contributed by atoms with Gasteiger partial charge in [0.15, 0.2) is 0 Å². The Bertz CT molecular complexity index is 359. The van der Waals surface area contributed by atoms with Crippen molar-refractivity contribution in [1.82, 2.24) is 4.98 Å². The number of aromatic hydroxyl groups is 1. The van der Waals surface area contributed by atoms with Crippen molar-refractivity contribution in [2.45, 2.75) is 6.92 Å². The van der Waals surface area contributed by atoms with Crippen LogP contribution < -0.4 is 10.6 Å². The highest BCUT2D eigenvalue weighted by atomic mass is 16.3. The molecule has 0 saturated heterocycles. The van der Waals surface area contributed by atoms with E-state index in [4.69, 9.17) is 0 Å². The Morgan fingerprint density at radius 1 is 1.64 bits per heavy atom. The van der Waals surface area contributed by atoms with Gasteiger partial charge in [0.05, 0.1) is 0 Å². The van der Waals surface area contributed by atoms with Gasteiger partial charge in [-0.3, -0.25) is 0 Å². The van der Waals surface area contributed by atoms with Crippen LogP contribution in [0.25, 0.3) is 12.2 Å². The Kier molecular flexibility index (Phi) is 2.16. The monoisotopic (exact) mass is 149 g/mol. The van der Waals surface area contributed by atoms with Crippen molar-refractivity contribution in [2.75, 3.05) is 0 Å². The third-order valence-corrected chi connectivity index (χ3v) is 1.50. The normalized spacial score (nSPS) is 13.9. The Hall–Kier alpha value is -1.44. The van der Waals surface area contributed by atoms with Crippen molar-refractivity contribution < 1.29 is 5.11 Å². The Morgan fingerprint density at radius 2 is 2.36 bits per heavy atom. The summed E-state index contributed by atoms with van der Waals surface area (Å²) in [6.07, 6.45) is 6.87. The second-order valence-electron chi connectivity index (χ2n) is 2.19. The van der Waals surface area contributed by atoms with Crippen molar-refractivity contribution in [3.05, 3.63) is 29.4 Å². The van der Waals surface area contributed by atoms with Crippen molar-refractivity contribution >= 4 is 12.2 Å². The fourth-order valence-corrected chi connectivity index (χ4v) is 0.971. The van der Waals surface area contributed by atoms with Gasteiger partial charge < -0.3 is 10.1 Å². The van der Waals surface area contributed by atoms with Gasteiger partial charge in [-0.05, 0) is 13.0 Å². The maximum Gasteiger partial charge on any atom is 0.140 e. The first kappa shape index (κ1) is 7.66. The number of hydrogen-bond donors (Lipinski definition) is 2. The molecule has 58 valence electrons. The average Bonchev–Trinajstić information content (AvgIpc) is 2.34. The van der Waals surface area contributed by atoms with E-state index < -0.39 is 0 Å². The van der Waals surface area contributed by atoms with Crippen LogP contribution in [0.3, 0.4) is 0 Å². The largest absolute Gasteiger partial charge is 0.506 e. The van der Waals surface area contributed by atoms with Gasteiger partial charge >= 0.3 is 0 Å². The molecule has 1 heterocycles. The van der Waals surface area contributed by atoms with Crippen LogP contribution in [-0.4, -0.2) is 10.1 Å². The topological polar surface area (TPSA) is 36.0 Å². The maximum atomic E-state index is 9.26. The molecular formula is C9H11NO. The molecule has 2 nitrogen and oxygen atoms in total. The molecule has 0 saturated carbocycles. The summed E-state index contributed by atoms with van der Waals surface area (Å²) >= 11 is 0. The van der Waals surface area contributed by atoms with Crippen molar-refractivity contribution in [1.29, 1.82) is 0 Å². The first-order chi connectivity index (χ1) is 5.29. The van der Waals surface area contributed by atoms with Crippen LogP contribution >= 0.6 is 0 Å². The molecular weight excluding hydrogens is 138 g/mol. The molecule has 1 rings (SSSR count). The zero-order chi connectivity index (χ0) is 8.27. The van der Waals surface area contributed by atoms with Crippen LogP contribution in [0.5, 0.6) is 5.75 Å². The van der Waals surface area contributed by atoms with Crippen molar-refractivity contribution in [3.63, 3.8) is 0 Å². The molecule has 0 aromatic carbocycles. The van der Waals surface area contributed by atoms with Crippen molar-refractivity contribution in [2.24, 2.45) is 0 Å². The molecule has 1 aromatic rings. The summed E-state index contributed by atoms with van der Waals surface area (Å²) in [4.78, 5) is 2.92. The van der Waals surface area contributed by atoms with Crippen molar-refractivity contribution in [3.8, 4) is 5.75 Å². The van der Waals surface area contributed by atoms with Crippen LogP contribution in [0, 0.1) is 0 Å². The zero-order valence-electron chi connectivity index (χ0n) is 6.46. The van der Waals surface area contributed by atoms with E-state index in [0.29, 0.717) is 0 Å². The Labute approximate surface area is 65.2 Å². The first-order valence-electron chi connectivity index (χ1n) is 3.45. The smallest absolute Gasteiger partial charge is 0.140 e. The van der Waals surface area contributed by atoms with Crippen LogP contribution in [0.2, 0.25) is 0 Å². The predicted octanol–water partition coefficient (Wildman–Crippen LogP) is 0.487. The number of H-pyrrole nitrogens is 1. The molecule has 0 atom stereocenters. The lowest BCUT2D eigenvalue weighted by molar-refractivity contribution is 0.472. The molecule has 1 aromatic heterocycles. The molecule has 0 radical (unpaired) electrons. The standard InChI is InChI=1S/C9H11NO/c1-3-5-7-8(4-2)10-6-9(7)11/h3-6,10-11H,1H2,2H3/b7-5+,8-4+. The fraction of sp³-hybridized carbons (Fsp3) is 0.111. The molecule has 0 aliphatic heterocycles. The molecule has 11 heavy (non-hydrogen) atoms. The van der Waals surface area contributed by atoms with Gasteiger partial charge in [0.1, 0.15) is 5.75 Å². The summed E-state index contributed by atoms with van der Waals surface area (Å²) in [5.41, 5.74) is 0. The minimum Gasteiger partial charge on any atom is -0.506 e. The molecule has 0 unspecified atom stereocenters. The highest BCUT2D eigenvalue weighted by Crippen LogP contribution is 1.91. The molecule has 0 fully saturated rings. The van der Waals surface area contributed by atoms with Gasteiger partial charge in [0.2, 0.25) is 0 Å². The molecule has 2 N–H and O–H groups in total. The molecule has 2 heteroatoms. The molecule has 0 spiro atoms. The number of nitrogens with one attached hydrogen (secondary N) is 1. The quantitative estimate of drug-likeness (QED) is 0.599. The Morgan fingerprint density at radius 3 is 2.91 bits per heavy atom. The third-order valence-electron chi connectivity index (χ3n) is 1.50. The average molecular weight is 149 g/mol. The summed E-state index contributed by atoms with van der Waals surface area (Å²) in [5.74, 6) is 0.262. The lowest BCUT2D eigenvalue weighted by atomic mass is 10.3. The first-order valence-corrected chi connectivity index (χ1v) is 3.45. The third kappa shape index (κ3) is 1.34. The van der Waals surface area contributed by atoms with E-state index in [1.807, 2.05) is 13.0 Å². The minimum absolute atomic E-state index is 0.262. The van der Waals surface area contributed by atoms with E-state index in [2.05, 4.69) is 11.6 Å². The molecule has 0 amide bonds. The SMILES string of the molecule is C=C/C=c1/c(O)c[nH]/c1=C/C. The summed E-state index contributed by atoms with van der Waals surface area (Å²) in [6, 6.07) is 0. The fourth-order valence-electron chi connectivity index (χ4n) is 0.971. The number of rotatable bonds is 1. The minimum atomic E-state index is 0.262. The van der Waals surface area contributed by atoms with Gasteiger partial charge in [0, 0.05) is 16.8 Å². The zero-order valence-corrected chi connectivity index (χ0v) is 6.46. The van der Waals surface area contributed by atoms with Crippen LogP contribution in [0.15, 0.2) is 18.9 Å². The highest BCUT2D eigenvalue weighted by molar-refractivity contribution is 5.41. The van der Waals surface area contributed by atoms with E-state index in [1.54, 1.807) is 18.3 Å². The van der Waals surface area contributed by atoms with E-state index in [0.717, 1.165) is 10.6 Å². The van der Waals surface area contributed by atoms with Gasteiger partial charge in [0.25, 0.3) is 0 Å². The van der Waals surface area contributed by atoms with Crippen LogP contribution in [-0.2, 0) is 0 Å². The lowest BCUT2D eigenvalue weighted by Crippen LogP contribution is -2.21. The van der Waals surface area contributed by atoms with E-state index in [9.17, 15) is 5.11 Å². The van der Waals surface area contributed by atoms with Gasteiger partial charge in [-0.2, -0.15) is 0 Å². The highest BCUT2D eigenvalue weighted by Gasteiger charge is 1.91. The van der Waals surface area contributed by atoms with E-state index >= 15 is 0 Å². The van der Waals surface area contributed by atoms with Gasteiger partial charge in [-0.1, -0.05) is 18.7 Å². The number of hydrogen-bond acceptors (Lipinski definition) is 1. The van der Waals surface area contributed by atoms with Gasteiger partial charge in [-0.25, -0.2) is 0 Å². The molecule has 0 aliphatic rings. The number of allylic oxidation sites excluding steroid dienone is 1. The van der Waals surface area contributed by atoms with Crippen LogP contribution in [0.4, 0.5) is 0 Å². The summed E-state index contributed by atoms with van der Waals surface area (Å²) in [5, 5.41) is 11.0. The Balaban J connectivity index is 3.54. The number of aromatic nitrogens is 1. The van der Waals surface area contributed by atoms with Gasteiger partial charge in [-0.15, -0.1) is 0 Å². The second kappa shape index (κ2) is 3.10. The van der Waals surface area contributed by atoms with Crippen LogP contribution in [0.1, 0.15) is 6.92 Å². The number of aromatic amines is 1. The van der Waals surface area contributed by atoms with E-state index in [-0.39, 0.29) is 5.75 Å².